The van der Waals surface area contributed by atoms with Gasteiger partial charge in [0, 0.05) is 29.2 Å². The number of carbonyl (C=O) groups is 2. The Hall–Kier alpha value is -2.64. The molecule has 4 unspecified atom stereocenters. The number of ether oxygens (including phenoxy) is 1. The number of Topliss-reactive ketones (excluding diaryl/α,β-unsaturated/α-hetero) is 1. The van der Waals surface area contributed by atoms with Crippen LogP contribution in [-0.2, 0) is 14.3 Å². The van der Waals surface area contributed by atoms with Crippen molar-refractivity contribution in [2.24, 2.45) is 11.3 Å². The van der Waals surface area contributed by atoms with E-state index in [4.69, 9.17) is 16.3 Å². The van der Waals surface area contributed by atoms with Crippen LogP contribution in [0.15, 0.2) is 54.6 Å². The Morgan fingerprint density at radius 2 is 1.78 bits per heavy atom. The Balaban J connectivity index is 2.26. The number of halogens is 1. The highest BCUT2D eigenvalue weighted by molar-refractivity contribution is 6.30. The van der Waals surface area contributed by atoms with Gasteiger partial charge in [-0.05, 0) is 23.3 Å². The van der Waals surface area contributed by atoms with Gasteiger partial charge in [-0.1, -0.05) is 61.0 Å². The Labute approximate surface area is 163 Å². The zero-order valence-corrected chi connectivity index (χ0v) is 15.9. The highest BCUT2D eigenvalue weighted by atomic mass is 35.5. The summed E-state index contributed by atoms with van der Waals surface area (Å²) in [5.41, 5.74) is 0.00792. The maximum Gasteiger partial charge on any atom is 0.327 e. The lowest BCUT2D eigenvalue weighted by Gasteiger charge is -2.45. The maximum atomic E-state index is 13.0. The smallest absolute Gasteiger partial charge is 0.327 e. The molecule has 0 aliphatic heterocycles. The fourth-order valence-electron chi connectivity index (χ4n) is 4.26. The van der Waals surface area contributed by atoms with Gasteiger partial charge in [0.25, 0.3) is 0 Å². The van der Waals surface area contributed by atoms with Crippen molar-refractivity contribution in [3.63, 3.8) is 0 Å². The Morgan fingerprint density at radius 3 is 2.33 bits per heavy atom. The van der Waals surface area contributed by atoms with Gasteiger partial charge in [0.15, 0.2) is 5.41 Å². The number of benzene rings is 2. The number of ketones is 1. The van der Waals surface area contributed by atoms with E-state index in [-0.39, 0.29) is 12.2 Å². The van der Waals surface area contributed by atoms with Crippen LogP contribution < -0.4 is 0 Å². The number of nitrogens with zero attached hydrogens (tertiary/aromatic N) is 1. The number of carbonyl (C=O) groups excluding carboxylic acids is 2. The van der Waals surface area contributed by atoms with Gasteiger partial charge in [-0.3, -0.25) is 9.59 Å². The molecule has 3 rings (SSSR count). The first-order chi connectivity index (χ1) is 13.0. The summed E-state index contributed by atoms with van der Waals surface area (Å²) in [6.45, 7) is 1.78. The molecule has 5 heteroatoms. The normalized spacial score (nSPS) is 27.6. The van der Waals surface area contributed by atoms with Crippen molar-refractivity contribution < 1.29 is 14.3 Å². The first-order valence-electron chi connectivity index (χ1n) is 8.78. The molecule has 0 amide bonds. The molecule has 0 N–H and O–H groups in total. The molecule has 1 aliphatic carbocycles. The molecule has 2 aromatic rings. The van der Waals surface area contributed by atoms with Gasteiger partial charge in [-0.15, -0.1) is 0 Å². The zero-order chi connectivity index (χ0) is 19.6. The average molecular weight is 382 g/mol. The highest BCUT2D eigenvalue weighted by Crippen LogP contribution is 2.56. The van der Waals surface area contributed by atoms with E-state index in [0.717, 1.165) is 11.1 Å². The molecular weight excluding hydrogens is 362 g/mol. The number of hydrogen-bond donors (Lipinski definition) is 0. The Morgan fingerprint density at radius 1 is 1.15 bits per heavy atom. The lowest BCUT2D eigenvalue weighted by Crippen LogP contribution is -2.50. The van der Waals surface area contributed by atoms with Crippen LogP contribution >= 0.6 is 11.6 Å². The Kier molecular flexibility index (Phi) is 5.34. The van der Waals surface area contributed by atoms with Crippen molar-refractivity contribution in [1.82, 2.24) is 0 Å². The van der Waals surface area contributed by atoms with Crippen LogP contribution in [0.3, 0.4) is 0 Å². The van der Waals surface area contributed by atoms with Crippen LogP contribution in [0.25, 0.3) is 0 Å². The molecule has 0 heterocycles. The molecule has 27 heavy (non-hydrogen) atoms. The number of hydrogen-bond acceptors (Lipinski definition) is 4. The minimum Gasteiger partial charge on any atom is -0.468 e. The first kappa shape index (κ1) is 19.1. The monoisotopic (exact) mass is 381 g/mol. The predicted octanol–water partition coefficient (Wildman–Crippen LogP) is 4.50. The van der Waals surface area contributed by atoms with E-state index in [2.05, 4.69) is 6.07 Å². The predicted molar refractivity (Wildman–Crippen MR) is 102 cm³/mol. The molecule has 4 atom stereocenters. The molecule has 0 radical (unpaired) electrons. The van der Waals surface area contributed by atoms with E-state index >= 15 is 0 Å². The molecule has 1 aliphatic rings. The molecule has 138 valence electrons. The summed E-state index contributed by atoms with van der Waals surface area (Å²) in [5, 5.41) is 10.8. The van der Waals surface area contributed by atoms with Crippen molar-refractivity contribution >= 4 is 23.4 Å². The van der Waals surface area contributed by atoms with Crippen molar-refractivity contribution in [2.75, 3.05) is 7.11 Å². The first-order valence-corrected chi connectivity index (χ1v) is 9.16. The van der Waals surface area contributed by atoms with Crippen LogP contribution in [0.2, 0.25) is 5.02 Å². The van der Waals surface area contributed by atoms with Gasteiger partial charge in [0.2, 0.25) is 0 Å². The summed E-state index contributed by atoms with van der Waals surface area (Å²) < 4.78 is 5.10. The van der Waals surface area contributed by atoms with Gasteiger partial charge < -0.3 is 4.74 Å². The van der Waals surface area contributed by atoms with Gasteiger partial charge in [0.05, 0.1) is 13.2 Å². The quantitative estimate of drug-likeness (QED) is 0.734. The van der Waals surface area contributed by atoms with Gasteiger partial charge >= 0.3 is 5.97 Å². The van der Waals surface area contributed by atoms with Crippen LogP contribution in [0.1, 0.15) is 36.3 Å². The third kappa shape index (κ3) is 3.13. The molecule has 0 bridgehead atoms. The minimum absolute atomic E-state index is 0.0265. The minimum atomic E-state index is -1.50. The average Bonchev–Trinajstić information content (AvgIpc) is 2.70. The van der Waals surface area contributed by atoms with Crippen LogP contribution in [0, 0.1) is 22.7 Å². The summed E-state index contributed by atoms with van der Waals surface area (Å²) in [7, 11) is 1.28. The molecule has 1 saturated carbocycles. The second-order valence-corrected chi connectivity index (χ2v) is 7.36. The molecule has 1 fully saturated rings. The van der Waals surface area contributed by atoms with Gasteiger partial charge in [-0.25, -0.2) is 0 Å². The molecular formula is C22H20ClNO3. The third-order valence-corrected chi connectivity index (χ3v) is 5.84. The number of nitriles is 1. The van der Waals surface area contributed by atoms with E-state index in [1.165, 1.54) is 7.11 Å². The summed E-state index contributed by atoms with van der Waals surface area (Å²) >= 11 is 6.00. The Bertz CT molecular complexity index is 888. The van der Waals surface area contributed by atoms with Crippen LogP contribution in [-0.4, -0.2) is 18.9 Å². The van der Waals surface area contributed by atoms with E-state index in [1.807, 2.05) is 30.3 Å². The summed E-state index contributed by atoms with van der Waals surface area (Å²) in [4.78, 5) is 25.9. The fraction of sp³-hybridized carbons (Fsp3) is 0.318. The number of esters is 1. The zero-order valence-electron chi connectivity index (χ0n) is 15.2. The molecule has 4 nitrogen and oxygen atoms in total. The SMILES string of the molecule is COC(=O)C1(C#N)C(c2ccc(Cl)cc2)CC(=O)C(C)C1c1ccccc1. The molecule has 0 aromatic heterocycles. The second kappa shape index (κ2) is 7.54. The topological polar surface area (TPSA) is 67.2 Å². The largest absolute Gasteiger partial charge is 0.468 e. The standard InChI is InChI=1S/C22H20ClNO3/c1-14-19(25)12-18(15-8-10-17(23)11-9-15)22(13-24,21(26)27-2)20(14)16-6-4-3-5-7-16/h3-11,14,18,20H,12H2,1-2H3. The van der Waals surface area contributed by atoms with Crippen LogP contribution in [0.4, 0.5) is 0 Å². The summed E-state index contributed by atoms with van der Waals surface area (Å²) in [5.74, 6) is -2.27. The fourth-order valence-corrected chi connectivity index (χ4v) is 4.39. The summed E-state index contributed by atoms with van der Waals surface area (Å²) in [6.07, 6.45) is 0.106. The van der Waals surface area contributed by atoms with E-state index < -0.39 is 29.1 Å². The van der Waals surface area contributed by atoms with E-state index in [9.17, 15) is 14.9 Å². The molecule has 0 saturated heterocycles. The van der Waals surface area contributed by atoms with E-state index in [1.54, 1.807) is 31.2 Å². The third-order valence-electron chi connectivity index (χ3n) is 5.59. The summed E-state index contributed by atoms with van der Waals surface area (Å²) in [6, 6.07) is 18.5. The van der Waals surface area contributed by atoms with Gasteiger partial charge in [-0.2, -0.15) is 5.26 Å². The van der Waals surface area contributed by atoms with Crippen molar-refractivity contribution in [3.8, 4) is 6.07 Å². The van der Waals surface area contributed by atoms with Gasteiger partial charge in [0.1, 0.15) is 5.78 Å². The van der Waals surface area contributed by atoms with Crippen molar-refractivity contribution in [3.05, 3.63) is 70.7 Å². The molecule has 0 spiro atoms. The lowest BCUT2D eigenvalue weighted by atomic mass is 9.53. The number of methoxy groups -OCH3 is 1. The van der Waals surface area contributed by atoms with Crippen LogP contribution in [0.5, 0.6) is 0 Å². The van der Waals surface area contributed by atoms with Crippen molar-refractivity contribution in [1.29, 1.82) is 5.26 Å². The second-order valence-electron chi connectivity index (χ2n) is 6.92. The highest BCUT2D eigenvalue weighted by Gasteiger charge is 2.60. The van der Waals surface area contributed by atoms with E-state index in [0.29, 0.717) is 5.02 Å². The number of rotatable bonds is 3. The maximum absolute atomic E-state index is 13.0. The molecule has 2 aromatic carbocycles. The lowest BCUT2D eigenvalue weighted by molar-refractivity contribution is -0.156. The van der Waals surface area contributed by atoms with Crippen molar-refractivity contribution in [2.45, 2.75) is 25.2 Å².